The van der Waals surface area contributed by atoms with Gasteiger partial charge >= 0.3 is 13.7 Å². The van der Waals surface area contributed by atoms with E-state index in [1.165, 1.54) is 13.0 Å². The number of rotatable bonds is 11. The van der Waals surface area contributed by atoms with Gasteiger partial charge in [0.05, 0.1) is 19.1 Å². The van der Waals surface area contributed by atoms with Gasteiger partial charge in [-0.1, -0.05) is 36.4 Å². The SMILES string of the molecule is CC(C)OC(=O)[C@H](C)NP(=O)(OC[C@@]1(C(F)F)O[C@@H](N2C=CC(=O)CC2=O)[C@H](O)[C@@H]1F)Oc1cccc2ccccc12. The molecule has 42 heavy (non-hydrogen) atoms. The highest BCUT2D eigenvalue weighted by molar-refractivity contribution is 7.52. The van der Waals surface area contributed by atoms with Crippen LogP contribution in [-0.2, 0) is 32.9 Å². The summed E-state index contributed by atoms with van der Waals surface area (Å²) in [5.74, 6) is -2.35. The first-order valence-corrected chi connectivity index (χ1v) is 14.5. The Labute approximate surface area is 239 Å². The minimum Gasteiger partial charge on any atom is -0.462 e. The molecule has 0 radical (unpaired) electrons. The van der Waals surface area contributed by atoms with Crippen LogP contribution < -0.4 is 9.61 Å². The van der Waals surface area contributed by atoms with Gasteiger partial charge in [-0.15, -0.1) is 0 Å². The average Bonchev–Trinajstić information content (AvgIpc) is 3.18. The number of ketones is 1. The van der Waals surface area contributed by atoms with Crippen molar-refractivity contribution in [2.24, 2.45) is 0 Å². The van der Waals surface area contributed by atoms with E-state index in [1.54, 1.807) is 50.2 Å². The molecule has 2 aromatic carbocycles. The van der Waals surface area contributed by atoms with Gasteiger partial charge < -0.3 is 19.1 Å². The number of nitrogens with one attached hydrogen (secondary N) is 1. The minimum absolute atomic E-state index is 0.00442. The molecule has 228 valence electrons. The lowest BCUT2D eigenvalue weighted by Gasteiger charge is -2.33. The molecule has 2 aromatic rings. The zero-order valence-corrected chi connectivity index (χ0v) is 23.7. The lowest BCUT2D eigenvalue weighted by atomic mass is 9.98. The molecule has 11 nitrogen and oxygen atoms in total. The standard InChI is InChI=1S/C27H30F3N2O9P/c1-15(2)39-25(36)16(3)31-42(37,41-20-10-6-8-17-7-4-5-9-19(17)20)38-14-27(26(29)30)23(28)22(35)24(40-27)32-12-11-18(33)13-21(32)34/h4-12,15-16,22-24,26,35H,13-14H2,1-3H3,(H,31,37)/t16-,22+,23-,24+,27+,42?/m0/s1. The van der Waals surface area contributed by atoms with Gasteiger partial charge in [-0.25, -0.2) is 17.7 Å². The normalized spacial score (nSPS) is 26.6. The molecule has 6 atom stereocenters. The van der Waals surface area contributed by atoms with Crippen LogP contribution in [0, 0.1) is 0 Å². The lowest BCUT2D eigenvalue weighted by Crippen LogP contribution is -2.51. The minimum atomic E-state index is -4.80. The number of aliphatic hydroxyl groups is 1. The van der Waals surface area contributed by atoms with E-state index in [9.17, 15) is 32.8 Å². The largest absolute Gasteiger partial charge is 0.462 e. The lowest BCUT2D eigenvalue weighted by molar-refractivity contribution is -0.193. The number of fused-ring (bicyclic) bond motifs is 1. The van der Waals surface area contributed by atoms with Crippen molar-refractivity contribution in [3.8, 4) is 5.75 Å². The van der Waals surface area contributed by atoms with Crippen molar-refractivity contribution in [2.75, 3.05) is 6.61 Å². The number of alkyl halides is 3. The molecule has 4 rings (SSSR count). The Morgan fingerprint density at radius 2 is 1.88 bits per heavy atom. The van der Waals surface area contributed by atoms with E-state index in [2.05, 4.69) is 5.09 Å². The fourth-order valence-corrected chi connectivity index (χ4v) is 5.99. The third-order valence-electron chi connectivity index (χ3n) is 6.56. The van der Waals surface area contributed by atoms with Crippen molar-refractivity contribution in [2.45, 2.75) is 69.9 Å². The van der Waals surface area contributed by atoms with E-state index in [-0.39, 0.29) is 5.75 Å². The number of hydrogen-bond donors (Lipinski definition) is 2. The van der Waals surface area contributed by atoms with Crippen molar-refractivity contribution in [1.29, 1.82) is 0 Å². The number of ether oxygens (including phenoxy) is 2. The van der Waals surface area contributed by atoms with Crippen LogP contribution in [-0.4, -0.2) is 76.9 Å². The number of hydrogen-bond acceptors (Lipinski definition) is 9. The summed E-state index contributed by atoms with van der Waals surface area (Å²) in [6.45, 7) is 3.00. The number of amides is 1. The molecule has 1 fully saturated rings. The van der Waals surface area contributed by atoms with E-state index in [4.69, 9.17) is 18.5 Å². The molecular weight excluding hydrogens is 584 g/mol. The van der Waals surface area contributed by atoms with Crippen molar-refractivity contribution >= 4 is 36.2 Å². The summed E-state index contributed by atoms with van der Waals surface area (Å²) in [4.78, 5) is 36.9. The van der Waals surface area contributed by atoms with Crippen molar-refractivity contribution in [1.82, 2.24) is 9.99 Å². The van der Waals surface area contributed by atoms with Gasteiger partial charge in [0, 0.05) is 11.6 Å². The van der Waals surface area contributed by atoms with Crippen LogP contribution in [0.4, 0.5) is 13.2 Å². The summed E-state index contributed by atoms with van der Waals surface area (Å²) >= 11 is 0. The molecule has 15 heteroatoms. The second-order valence-electron chi connectivity index (χ2n) is 10.1. The first kappa shape index (κ1) is 31.6. The molecule has 0 aromatic heterocycles. The maximum atomic E-state index is 15.5. The summed E-state index contributed by atoms with van der Waals surface area (Å²) < 4.78 is 79.9. The molecule has 0 aliphatic carbocycles. The van der Waals surface area contributed by atoms with E-state index in [1.807, 2.05) is 0 Å². The molecule has 0 spiro atoms. The summed E-state index contributed by atoms with van der Waals surface area (Å²) in [6.07, 6.45) is -10.0. The maximum absolute atomic E-state index is 15.5. The first-order chi connectivity index (χ1) is 19.8. The zero-order chi connectivity index (χ0) is 30.8. The van der Waals surface area contributed by atoms with E-state index < -0.39 is 81.1 Å². The number of carbonyl (C=O) groups is 3. The van der Waals surface area contributed by atoms with E-state index >= 15 is 4.39 Å². The third-order valence-corrected chi connectivity index (χ3v) is 8.17. The van der Waals surface area contributed by atoms with Crippen molar-refractivity contribution < 1.29 is 55.7 Å². The number of nitrogens with zero attached hydrogens (tertiary/aromatic N) is 1. The van der Waals surface area contributed by atoms with Crippen LogP contribution in [0.15, 0.2) is 54.7 Å². The number of aliphatic hydroxyl groups excluding tert-OH is 1. The quantitative estimate of drug-likeness (QED) is 0.219. The fourth-order valence-electron chi connectivity index (χ4n) is 4.44. The molecule has 1 saturated heterocycles. The van der Waals surface area contributed by atoms with Crippen LogP contribution in [0.25, 0.3) is 10.8 Å². The Hall–Kier alpha value is -3.29. The molecular formula is C27H30F3N2O9P. The van der Waals surface area contributed by atoms with Crippen molar-refractivity contribution in [3.05, 3.63) is 54.7 Å². The number of carbonyl (C=O) groups excluding carboxylic acids is 3. The van der Waals surface area contributed by atoms with Gasteiger partial charge in [-0.05, 0) is 38.3 Å². The van der Waals surface area contributed by atoms with Gasteiger partial charge in [0.2, 0.25) is 5.91 Å². The highest BCUT2D eigenvalue weighted by Gasteiger charge is 2.64. The molecule has 2 heterocycles. The molecule has 2 aliphatic heterocycles. The Morgan fingerprint density at radius 3 is 2.55 bits per heavy atom. The van der Waals surface area contributed by atoms with E-state index in [0.29, 0.717) is 15.7 Å². The van der Waals surface area contributed by atoms with Crippen molar-refractivity contribution in [3.63, 3.8) is 0 Å². The summed E-state index contributed by atoms with van der Waals surface area (Å²) in [5.41, 5.74) is -3.22. The van der Waals surface area contributed by atoms with Crippen LogP contribution in [0.2, 0.25) is 0 Å². The van der Waals surface area contributed by atoms with Gasteiger partial charge in [0.25, 0.3) is 6.43 Å². The number of esters is 1. The molecule has 2 aliphatic rings. The van der Waals surface area contributed by atoms with Gasteiger partial charge in [-0.2, -0.15) is 5.09 Å². The Bertz CT molecular complexity index is 1420. The Balaban J connectivity index is 1.65. The summed E-state index contributed by atoms with van der Waals surface area (Å²) in [7, 11) is -4.80. The summed E-state index contributed by atoms with van der Waals surface area (Å²) in [6, 6.07) is 10.2. The van der Waals surface area contributed by atoms with Crippen LogP contribution in [0.3, 0.4) is 0 Å². The number of allylic oxidation sites excluding steroid dienone is 1. The molecule has 1 amide bonds. The second kappa shape index (κ2) is 12.5. The van der Waals surface area contributed by atoms with Gasteiger partial charge in [0.1, 0.15) is 17.9 Å². The predicted molar refractivity (Wildman–Crippen MR) is 142 cm³/mol. The molecule has 1 unspecified atom stereocenters. The van der Waals surface area contributed by atoms with Gasteiger partial charge in [-0.3, -0.25) is 23.8 Å². The highest BCUT2D eigenvalue weighted by Crippen LogP contribution is 2.50. The smallest absolute Gasteiger partial charge is 0.459 e. The first-order valence-electron chi connectivity index (χ1n) is 13.0. The predicted octanol–water partition coefficient (Wildman–Crippen LogP) is 3.65. The van der Waals surface area contributed by atoms with Crippen LogP contribution in [0.1, 0.15) is 27.2 Å². The van der Waals surface area contributed by atoms with Gasteiger partial charge in [0.15, 0.2) is 23.8 Å². The second-order valence-corrected chi connectivity index (χ2v) is 11.8. The average molecular weight is 615 g/mol. The topological polar surface area (TPSA) is 141 Å². The maximum Gasteiger partial charge on any atom is 0.459 e. The molecule has 2 N–H and O–H groups in total. The monoisotopic (exact) mass is 614 g/mol. The molecule has 0 saturated carbocycles. The van der Waals surface area contributed by atoms with E-state index in [0.717, 1.165) is 12.3 Å². The Morgan fingerprint density at radius 1 is 1.19 bits per heavy atom. The number of halogens is 3. The Kier molecular flexibility index (Phi) is 9.43. The zero-order valence-electron chi connectivity index (χ0n) is 22.8. The fraction of sp³-hybridized carbons (Fsp3) is 0.444. The third kappa shape index (κ3) is 6.52. The highest BCUT2D eigenvalue weighted by atomic mass is 31.2. The van der Waals surface area contributed by atoms with Crippen LogP contribution in [0.5, 0.6) is 5.75 Å². The molecule has 0 bridgehead atoms. The summed E-state index contributed by atoms with van der Waals surface area (Å²) in [5, 5.41) is 14.0. The number of benzene rings is 2. The van der Waals surface area contributed by atoms with Crippen LogP contribution >= 0.6 is 7.75 Å².